The van der Waals surface area contributed by atoms with Crippen molar-refractivity contribution in [1.29, 1.82) is 0 Å². The Morgan fingerprint density at radius 1 is 0.628 bits per heavy atom. The number of rotatable bonds is 14. The number of esters is 2. The van der Waals surface area contributed by atoms with Gasteiger partial charge in [0.05, 0.1) is 59.1 Å². The smallest absolute Gasteiger partial charge is 0.469 e. The fourth-order valence-electron chi connectivity index (χ4n) is 12.3. The van der Waals surface area contributed by atoms with E-state index in [0.717, 1.165) is 144 Å². The summed E-state index contributed by atoms with van der Waals surface area (Å²) in [5, 5.41) is 27.9. The van der Waals surface area contributed by atoms with Crippen LogP contribution in [0.1, 0.15) is 101 Å². The Balaban J connectivity index is 0.000000148. The van der Waals surface area contributed by atoms with Crippen molar-refractivity contribution in [3.8, 4) is 67.9 Å². The number of para-hydroxylation sites is 2. The molecule has 0 atom stereocenters. The number of aryl methyl sites for hydroxylation is 2. The summed E-state index contributed by atoms with van der Waals surface area (Å²) in [6.45, 7) is 7.80. The van der Waals surface area contributed by atoms with Crippen LogP contribution >= 0.6 is 15.9 Å². The van der Waals surface area contributed by atoms with Gasteiger partial charge in [0.25, 0.3) is 0 Å². The number of hydrogen-bond donors (Lipinski definition) is 6. The molecule has 4 aliphatic rings. The zero-order chi connectivity index (χ0) is 65.7. The number of carbonyl (C=O) groups is 3. The first-order valence-corrected chi connectivity index (χ1v) is 32.5. The van der Waals surface area contributed by atoms with Crippen LogP contribution in [0.2, 0.25) is 0 Å². The molecule has 0 unspecified atom stereocenters. The maximum absolute atomic E-state index is 12.6. The highest BCUT2D eigenvalue weighted by molar-refractivity contribution is 9.10. The highest BCUT2D eigenvalue weighted by Crippen LogP contribution is 2.48. The topological polar surface area (TPSA) is 243 Å². The number of nitrogens with zero attached hydrogens (tertiary/aromatic N) is 6. The van der Waals surface area contributed by atoms with Gasteiger partial charge in [-0.1, -0.05) is 121 Å². The third-order valence-corrected chi connectivity index (χ3v) is 18.1. The highest BCUT2D eigenvalue weighted by Gasteiger charge is 2.42. The van der Waals surface area contributed by atoms with Crippen LogP contribution in [0.3, 0.4) is 0 Å². The molecule has 6 heterocycles. The van der Waals surface area contributed by atoms with Crippen molar-refractivity contribution in [3.05, 3.63) is 209 Å². The normalized spacial score (nSPS) is 14.0. The van der Waals surface area contributed by atoms with E-state index in [9.17, 15) is 14.4 Å². The average Bonchev–Trinajstić information content (AvgIpc) is 1.58. The van der Waals surface area contributed by atoms with Crippen LogP contribution in [0.5, 0.6) is 0 Å². The Morgan fingerprint density at radius 3 is 1.64 bits per heavy atom. The van der Waals surface area contributed by atoms with Crippen LogP contribution < -0.4 is 27.1 Å². The van der Waals surface area contributed by atoms with Gasteiger partial charge in [-0.25, -0.2) is 24.7 Å². The van der Waals surface area contributed by atoms with Gasteiger partial charge in [-0.2, -0.15) is 0 Å². The minimum Gasteiger partial charge on any atom is -0.469 e. The van der Waals surface area contributed by atoms with Gasteiger partial charge in [-0.3, -0.25) is 18.7 Å². The van der Waals surface area contributed by atoms with Crippen LogP contribution in [0, 0.1) is 0 Å². The van der Waals surface area contributed by atoms with E-state index >= 15 is 0 Å². The number of pyridine rings is 2. The monoisotopic (exact) mass is 1320 g/mol. The van der Waals surface area contributed by atoms with E-state index in [1.165, 1.54) is 19.1 Å². The number of hydrogen-bond acceptors (Lipinski definition) is 15. The Kier molecular flexibility index (Phi) is 18.8. The molecule has 6 aromatic carbocycles. The third kappa shape index (κ3) is 13.7. The molecule has 0 bridgehead atoms. The van der Waals surface area contributed by atoms with E-state index in [-0.39, 0.29) is 23.6 Å². The van der Waals surface area contributed by atoms with Crippen LogP contribution in [-0.4, -0.2) is 83.6 Å². The molecular weight excluding hydrogens is 1250 g/mol. The third-order valence-electron chi connectivity index (χ3n) is 17.5. The van der Waals surface area contributed by atoms with Gasteiger partial charge in [0.2, 0.25) is 0 Å². The molecule has 4 aromatic heterocycles. The highest BCUT2D eigenvalue weighted by atomic mass is 79.9. The zero-order valence-electron chi connectivity index (χ0n) is 53.2. The Hall–Kier alpha value is -9.73. The van der Waals surface area contributed by atoms with Gasteiger partial charge >= 0.3 is 25.2 Å². The van der Waals surface area contributed by atoms with E-state index in [1.54, 1.807) is 43.6 Å². The number of carbonyl (C=O) groups excluding carboxylic acids is 3. The average molecular weight is 1320 g/mol. The maximum atomic E-state index is 12.6. The first kappa shape index (κ1) is 64.4. The zero-order valence-corrected chi connectivity index (χ0v) is 54.7. The second-order valence-corrected chi connectivity index (χ2v) is 25.6. The molecule has 1 amide bonds. The number of imidazole rings is 2. The quantitative estimate of drug-likeness (QED) is 0.0337. The maximum Gasteiger partial charge on any atom is 0.488 e. The summed E-state index contributed by atoms with van der Waals surface area (Å²) in [6.07, 6.45) is 11.2. The molecule has 0 radical (unpaired) electrons. The van der Waals surface area contributed by atoms with Crippen LogP contribution in [0.25, 0.3) is 67.9 Å². The second-order valence-electron chi connectivity index (χ2n) is 24.9. The predicted octanol–water partition coefficient (Wildman–Crippen LogP) is 14.0. The van der Waals surface area contributed by atoms with E-state index < -0.39 is 18.3 Å². The lowest BCUT2D eigenvalue weighted by Gasteiger charge is -2.43. The molecule has 18 nitrogen and oxygen atoms in total. The van der Waals surface area contributed by atoms with E-state index in [1.807, 2.05) is 69.3 Å². The molecule has 20 heteroatoms. The van der Waals surface area contributed by atoms with Crippen LogP contribution in [0.4, 0.5) is 27.8 Å². The molecule has 2 saturated carbocycles. The number of nitrogens with one attached hydrogen (secondary N) is 3. The largest absolute Gasteiger partial charge is 0.488 e. The number of anilines is 4. The van der Waals surface area contributed by atoms with Gasteiger partial charge in [-0.15, -0.1) is 0 Å². The van der Waals surface area contributed by atoms with Crippen molar-refractivity contribution in [3.63, 3.8) is 0 Å². The molecule has 2 aliphatic heterocycles. The number of alkyl carbamates (subject to hydrolysis) is 1. The van der Waals surface area contributed by atoms with Crippen molar-refractivity contribution in [2.24, 2.45) is 5.73 Å². The minimum atomic E-state index is -1.45. The van der Waals surface area contributed by atoms with Gasteiger partial charge in [0.1, 0.15) is 21.9 Å². The summed E-state index contributed by atoms with van der Waals surface area (Å²) in [6, 6.07) is 56.5. The van der Waals surface area contributed by atoms with Crippen molar-refractivity contribution < 1.29 is 38.6 Å². The summed E-state index contributed by atoms with van der Waals surface area (Å²) in [5.41, 5.74) is 21.9. The number of benzene rings is 6. The first-order valence-electron chi connectivity index (χ1n) is 31.7. The molecular formula is C74H74BBrN10O8. The minimum absolute atomic E-state index is 0.210. The van der Waals surface area contributed by atoms with Crippen molar-refractivity contribution >= 4 is 69.6 Å². The van der Waals surface area contributed by atoms with Crippen LogP contribution in [-0.2, 0) is 47.7 Å². The number of nitrogens with two attached hydrogens (primary N) is 1. The summed E-state index contributed by atoms with van der Waals surface area (Å²) in [4.78, 5) is 54.9. The summed E-state index contributed by atoms with van der Waals surface area (Å²) < 4.78 is 20.3. The van der Waals surface area contributed by atoms with E-state index in [0.29, 0.717) is 37.8 Å². The van der Waals surface area contributed by atoms with Crippen LogP contribution in [0.15, 0.2) is 187 Å². The predicted molar refractivity (Wildman–Crippen MR) is 370 cm³/mol. The number of halogens is 1. The van der Waals surface area contributed by atoms with Gasteiger partial charge in [-0.05, 0) is 171 Å². The second kappa shape index (κ2) is 27.5. The number of amides is 1. The number of fused-ring (bicyclic) bond motifs is 10. The molecule has 2 fully saturated rings. The summed E-state index contributed by atoms with van der Waals surface area (Å²) in [7, 11) is -0.0255. The number of methoxy groups -OCH3 is 1. The van der Waals surface area contributed by atoms with E-state index in [2.05, 4.69) is 143 Å². The molecule has 0 saturated heterocycles. The summed E-state index contributed by atoms with van der Waals surface area (Å²) >= 11 is 3.74. The molecule has 94 heavy (non-hydrogen) atoms. The Morgan fingerprint density at radius 2 is 1.13 bits per heavy atom. The van der Waals surface area contributed by atoms with Crippen molar-refractivity contribution in [2.45, 2.75) is 109 Å². The molecule has 478 valence electrons. The van der Waals surface area contributed by atoms with Crippen molar-refractivity contribution in [1.82, 2.24) is 34.4 Å². The molecule has 14 rings (SSSR count). The standard InChI is InChI=1S/C34H31N5O2.C29H28BrN5O2.C11H15BO4/c1-41-29(40)18-11-22-9-12-23(13-10-22)30-31(24-14-16-25(17-15-24)34(35)19-5-20-34)39-28-8-4-21-36-32(28)37-27-7-3-2-6-26(27)33(39)38-30;1-28(2,3)37-27(36)34-29(15-7-16-29)19-13-11-18(12-14-19)23-24(30)33-26-20-8-4-5-9-21(20)32-25-22(35(23)26)10-6-17-31-25;1-2-16-11(13)8-5-9-3-6-10(7-4-9)12(14)15/h2-4,6-10,12-17,21H,5,11,18-20,35H2,1H3,(H,36,37);4-6,8-14,17H,7,15-16H2,1-3H3,(H,31,32)(H,34,36);3-4,6-7,14-15H,2,5,8H2,1H3. The summed E-state index contributed by atoms with van der Waals surface area (Å²) in [5.74, 6) is 2.80. The fraction of sp³-hybridized carbons (Fsp3) is 0.257. The lowest BCUT2D eigenvalue weighted by atomic mass is 9.72. The van der Waals surface area contributed by atoms with Gasteiger partial charge in [0.15, 0.2) is 11.6 Å². The van der Waals surface area contributed by atoms with Crippen molar-refractivity contribution in [2.75, 3.05) is 24.4 Å². The molecule has 7 N–H and O–H groups in total. The molecule has 0 spiro atoms. The first-order chi connectivity index (χ1) is 45.4. The Bertz CT molecular complexity index is 4390. The fourth-order valence-corrected chi connectivity index (χ4v) is 12.9. The number of ether oxygens (including phenoxy) is 3. The lowest BCUT2D eigenvalue weighted by molar-refractivity contribution is -0.143. The van der Waals surface area contributed by atoms with Gasteiger partial charge < -0.3 is 45.9 Å². The molecule has 10 aromatic rings. The SMILES string of the molecule is CC(C)(C)OC(=O)NC1(c2ccc(-c3c(Br)nc4n3-c3cccnc3Nc3ccccc3-4)cc2)CCC1.CCOC(=O)CCc1ccc(B(O)O)cc1.COC(=O)CCc1ccc(-c2nc3n(c2-c2ccc(C4(N)CCC4)cc2)-c2cccnc2Nc2ccccc2-3)cc1. The lowest BCUT2D eigenvalue weighted by Crippen LogP contribution is -2.52. The van der Waals surface area contributed by atoms with E-state index in [4.69, 9.17) is 44.9 Å². The Labute approximate surface area is 555 Å². The molecule has 2 aliphatic carbocycles. The van der Waals surface area contributed by atoms with Gasteiger partial charge in [0, 0.05) is 58.6 Å². The number of aromatic nitrogens is 6.